The molecule has 0 fully saturated rings. The smallest absolute Gasteiger partial charge is 0.116 e. The molecule has 0 bridgehead atoms. The molecular formula is C92H64N8. The van der Waals surface area contributed by atoms with Crippen molar-refractivity contribution in [2.75, 3.05) is 19.6 Å². The summed E-state index contributed by atoms with van der Waals surface area (Å²) < 4.78 is 4.85. The molecule has 8 nitrogen and oxygen atoms in total. The van der Waals surface area contributed by atoms with Gasteiger partial charge in [-0.2, -0.15) is 0 Å². The summed E-state index contributed by atoms with van der Waals surface area (Å²) in [6.07, 6.45) is 0. The van der Waals surface area contributed by atoms with Gasteiger partial charge in [-0.05, 0) is 182 Å². The maximum absolute atomic E-state index is 6.05. The first-order valence-electron chi connectivity index (χ1n) is 33.9. The fraction of sp³-hybridized carbons (Fsp3) is 0. The minimum absolute atomic E-state index is 0.746. The molecule has 100 heavy (non-hydrogen) atoms. The van der Waals surface area contributed by atoms with Gasteiger partial charge in [-0.1, -0.05) is 206 Å². The number of aromatic nitrogens is 4. The highest BCUT2D eigenvalue weighted by Crippen LogP contribution is 2.48. The molecule has 472 valence electrons. The second-order valence-corrected chi connectivity index (χ2v) is 25.0. The molecular weight excluding hydrogens is 1220 g/mol. The molecule has 3 heterocycles. The predicted octanol–water partition coefficient (Wildman–Crippen LogP) is 25.0. The zero-order chi connectivity index (χ0) is 66.3. The Balaban J connectivity index is 0.936. The lowest BCUT2D eigenvalue weighted by Gasteiger charge is -2.26. The summed E-state index contributed by atoms with van der Waals surface area (Å²) in [6, 6.07) is 139. The molecule has 0 aliphatic rings. The van der Waals surface area contributed by atoms with Crippen LogP contribution < -0.4 is 19.6 Å². The Hall–Kier alpha value is -13.6. The van der Waals surface area contributed by atoms with Crippen molar-refractivity contribution in [1.29, 1.82) is 0 Å². The van der Waals surface area contributed by atoms with E-state index in [1.807, 2.05) is 0 Å². The van der Waals surface area contributed by atoms with E-state index in [2.05, 4.69) is 417 Å². The van der Waals surface area contributed by atoms with E-state index >= 15 is 0 Å². The van der Waals surface area contributed by atoms with Crippen molar-refractivity contribution in [3.05, 3.63) is 388 Å². The quantitative estimate of drug-likeness (QED) is 0.0961. The van der Waals surface area contributed by atoms with Gasteiger partial charge < -0.3 is 28.7 Å². The van der Waals surface area contributed by atoms with E-state index in [0.29, 0.717) is 0 Å². The van der Waals surface area contributed by atoms with Crippen molar-refractivity contribution in [1.82, 2.24) is 19.1 Å². The van der Waals surface area contributed by atoms with E-state index in [0.717, 1.165) is 157 Å². The summed E-state index contributed by atoms with van der Waals surface area (Å²) in [5, 5.41) is 4.32. The van der Waals surface area contributed by atoms with Crippen LogP contribution in [0.2, 0.25) is 0 Å². The minimum atomic E-state index is 0.746. The van der Waals surface area contributed by atoms with Gasteiger partial charge in [-0.25, -0.2) is 9.97 Å². The van der Waals surface area contributed by atoms with Crippen molar-refractivity contribution in [2.45, 2.75) is 0 Å². The Kier molecular flexibility index (Phi) is 15.1. The summed E-state index contributed by atoms with van der Waals surface area (Å²) in [6.45, 7) is 0. The Morgan fingerprint density at radius 1 is 0.180 bits per heavy atom. The highest BCUT2D eigenvalue weighted by Gasteiger charge is 2.27. The van der Waals surface area contributed by atoms with Crippen LogP contribution in [0.5, 0.6) is 0 Å². The van der Waals surface area contributed by atoms with Gasteiger partial charge in [0.15, 0.2) is 0 Å². The van der Waals surface area contributed by atoms with Crippen LogP contribution in [0.15, 0.2) is 388 Å². The summed E-state index contributed by atoms with van der Waals surface area (Å²) >= 11 is 0. The van der Waals surface area contributed by atoms with Gasteiger partial charge in [0.25, 0.3) is 0 Å². The lowest BCUT2D eigenvalue weighted by atomic mass is 10.0. The van der Waals surface area contributed by atoms with E-state index in [4.69, 9.17) is 9.97 Å². The van der Waals surface area contributed by atoms with Crippen molar-refractivity contribution in [3.8, 4) is 33.9 Å². The van der Waals surface area contributed by atoms with Crippen LogP contribution in [0.1, 0.15) is 0 Å². The molecule has 18 aromatic rings. The first-order chi connectivity index (χ1) is 49.6. The van der Waals surface area contributed by atoms with Crippen LogP contribution in [0.3, 0.4) is 0 Å². The maximum Gasteiger partial charge on any atom is 0.116 e. The minimum Gasteiger partial charge on any atom is -0.310 e. The topological polar surface area (TPSA) is 48.6 Å². The number of para-hydroxylation sites is 8. The molecule has 0 N–H and O–H groups in total. The SMILES string of the molecule is c1ccc(-c2nc3c(-n4c5ccc(N(c6ccccc6)c6ccccc6)cc5c5cc(N(c6ccccc6)c6ccccc6)ccc54)ccc(-n4c5ccc(N(c6ccccc6)c6ccccc6)cc5c5cc(N(c6ccccc6)c6ccccc6)ccc54)c3nc2-c2ccccc2)cc1. The molecule has 0 amide bonds. The van der Waals surface area contributed by atoms with E-state index < -0.39 is 0 Å². The average Bonchev–Trinajstić information content (AvgIpc) is 1.61. The standard InChI is InChI=1S/C92H64N8/c1-11-31-65(32-12-1)89-90(66-33-13-2-14-34-66)94-92-88(100-85-57-53-77(97(71-43-23-7-24-44-71)72-45-25-8-26-46-72)63-81(85)82-64-78(54-58-86(82)100)98(73-47-27-9-28-48-73)74-49-29-10-30-50-74)60-59-87(91(92)93-89)99-83-55-51-75(95(67-35-15-3-16-36-67)68-37-17-4-18-38-68)61-79(83)80-62-76(52-56-84(80)99)96(69-39-19-5-20-40-69)70-41-21-6-22-42-70/h1-64H. The third-order valence-corrected chi connectivity index (χ3v) is 19.0. The predicted molar refractivity (Wildman–Crippen MR) is 418 cm³/mol. The normalized spacial score (nSPS) is 11.4. The highest BCUT2D eigenvalue weighted by molar-refractivity contribution is 6.16. The van der Waals surface area contributed by atoms with Gasteiger partial charge in [-0.15, -0.1) is 0 Å². The van der Waals surface area contributed by atoms with Gasteiger partial charge in [0.1, 0.15) is 11.0 Å². The zero-order valence-corrected chi connectivity index (χ0v) is 54.5. The fourth-order valence-electron chi connectivity index (χ4n) is 14.5. The van der Waals surface area contributed by atoms with Gasteiger partial charge in [0.2, 0.25) is 0 Å². The Morgan fingerprint density at radius 2 is 0.370 bits per heavy atom. The first-order valence-corrected chi connectivity index (χ1v) is 33.9. The first kappa shape index (κ1) is 59.0. The van der Waals surface area contributed by atoms with Crippen LogP contribution in [0, 0.1) is 0 Å². The number of hydrogen-bond acceptors (Lipinski definition) is 6. The van der Waals surface area contributed by atoms with Gasteiger partial charge >= 0.3 is 0 Å². The summed E-state index contributed by atoms with van der Waals surface area (Å²) in [5.74, 6) is 0. The van der Waals surface area contributed by atoms with Crippen LogP contribution in [0.25, 0.3) is 88.5 Å². The molecule has 0 atom stereocenters. The molecule has 18 rings (SSSR count). The lowest BCUT2D eigenvalue weighted by Crippen LogP contribution is -2.09. The molecule has 0 unspecified atom stereocenters. The number of nitrogens with zero attached hydrogens (tertiary/aromatic N) is 8. The molecule has 0 radical (unpaired) electrons. The highest BCUT2D eigenvalue weighted by atomic mass is 15.2. The lowest BCUT2D eigenvalue weighted by molar-refractivity contribution is 1.14. The average molecular weight is 1280 g/mol. The van der Waals surface area contributed by atoms with Crippen LogP contribution >= 0.6 is 0 Å². The largest absolute Gasteiger partial charge is 0.310 e. The molecule has 0 aliphatic heterocycles. The van der Waals surface area contributed by atoms with Crippen molar-refractivity contribution in [3.63, 3.8) is 0 Å². The summed E-state index contributed by atoms with van der Waals surface area (Å²) in [7, 11) is 0. The van der Waals surface area contributed by atoms with E-state index in [1.54, 1.807) is 0 Å². The third-order valence-electron chi connectivity index (χ3n) is 19.0. The van der Waals surface area contributed by atoms with Gasteiger partial charge in [-0.3, -0.25) is 0 Å². The molecule has 3 aromatic heterocycles. The van der Waals surface area contributed by atoms with E-state index in [-0.39, 0.29) is 0 Å². The monoisotopic (exact) mass is 1280 g/mol. The number of fused-ring (bicyclic) bond motifs is 7. The Bertz CT molecular complexity index is 5130. The van der Waals surface area contributed by atoms with Crippen molar-refractivity contribution < 1.29 is 0 Å². The molecule has 0 spiro atoms. The number of hydrogen-bond donors (Lipinski definition) is 0. The third kappa shape index (κ3) is 10.6. The van der Waals surface area contributed by atoms with Crippen molar-refractivity contribution in [2.24, 2.45) is 0 Å². The summed E-state index contributed by atoms with van der Waals surface area (Å²) in [4.78, 5) is 21.5. The van der Waals surface area contributed by atoms with E-state index in [1.165, 1.54) is 0 Å². The molecule has 0 aliphatic carbocycles. The zero-order valence-electron chi connectivity index (χ0n) is 54.5. The van der Waals surface area contributed by atoms with Crippen LogP contribution in [-0.4, -0.2) is 19.1 Å². The van der Waals surface area contributed by atoms with Gasteiger partial charge in [0.05, 0.1) is 44.8 Å². The van der Waals surface area contributed by atoms with Crippen LogP contribution in [0.4, 0.5) is 68.2 Å². The molecule has 0 saturated carbocycles. The Labute approximate surface area is 580 Å². The van der Waals surface area contributed by atoms with E-state index in [9.17, 15) is 0 Å². The second kappa shape index (κ2) is 25.5. The molecule has 8 heteroatoms. The second-order valence-electron chi connectivity index (χ2n) is 25.0. The van der Waals surface area contributed by atoms with Gasteiger partial charge in [0, 0.05) is 101 Å². The Morgan fingerprint density at radius 3 is 0.570 bits per heavy atom. The number of rotatable bonds is 16. The fourth-order valence-corrected chi connectivity index (χ4v) is 14.5. The molecule has 0 saturated heterocycles. The number of anilines is 12. The molecule has 15 aromatic carbocycles. The number of benzene rings is 15. The van der Waals surface area contributed by atoms with Crippen molar-refractivity contribution >= 4 is 123 Å². The summed E-state index contributed by atoms with van der Waals surface area (Å²) in [5.41, 5.74) is 23.4. The van der Waals surface area contributed by atoms with Crippen LogP contribution in [-0.2, 0) is 0 Å². The maximum atomic E-state index is 6.05.